The molecule has 1 aromatic heterocycles. The molecule has 0 aliphatic heterocycles. The molecule has 1 atom stereocenters. The fraction of sp³-hybridized carbons (Fsp3) is 0.583. The number of aliphatic carboxylic acids is 1. The van der Waals surface area contributed by atoms with E-state index in [0.29, 0.717) is 6.42 Å². The van der Waals surface area contributed by atoms with E-state index in [0.717, 1.165) is 5.69 Å². The molecule has 1 heterocycles. The van der Waals surface area contributed by atoms with Crippen molar-refractivity contribution in [1.29, 1.82) is 0 Å². The number of nitrogens with one attached hydrogen (secondary N) is 1. The minimum atomic E-state index is -0.758. The third kappa shape index (κ3) is 2.85. The molecule has 4 nitrogen and oxygen atoms in total. The molecule has 16 heavy (non-hydrogen) atoms. The highest BCUT2D eigenvalue weighted by atomic mass is 16.4. The van der Waals surface area contributed by atoms with E-state index in [9.17, 15) is 4.79 Å². The molecule has 0 aliphatic carbocycles. The van der Waals surface area contributed by atoms with Crippen molar-refractivity contribution < 1.29 is 9.90 Å². The van der Waals surface area contributed by atoms with Crippen molar-refractivity contribution in [3.8, 4) is 0 Å². The fourth-order valence-corrected chi connectivity index (χ4v) is 1.69. The van der Waals surface area contributed by atoms with Gasteiger partial charge in [0.2, 0.25) is 0 Å². The summed E-state index contributed by atoms with van der Waals surface area (Å²) in [6.07, 6.45) is 2.44. The van der Waals surface area contributed by atoms with E-state index in [1.165, 1.54) is 0 Å². The molecule has 0 radical (unpaired) electrons. The number of aromatic amines is 1. The summed E-state index contributed by atoms with van der Waals surface area (Å²) in [5, 5.41) is 9.14. The maximum Gasteiger partial charge on any atom is 0.309 e. The number of H-pyrrole nitrogens is 1. The van der Waals surface area contributed by atoms with Gasteiger partial charge >= 0.3 is 5.97 Å². The van der Waals surface area contributed by atoms with Gasteiger partial charge in [0.1, 0.15) is 0 Å². The van der Waals surface area contributed by atoms with Crippen LogP contribution in [0.15, 0.2) is 18.3 Å². The summed E-state index contributed by atoms with van der Waals surface area (Å²) in [4.78, 5) is 16.3. The predicted octanol–water partition coefficient (Wildman–Crippen LogP) is 2.12. The van der Waals surface area contributed by atoms with Crippen LogP contribution in [-0.4, -0.2) is 35.1 Å². The zero-order valence-corrected chi connectivity index (χ0v) is 10.3. The normalized spacial score (nSPS) is 14.1. The quantitative estimate of drug-likeness (QED) is 0.805. The summed E-state index contributed by atoms with van der Waals surface area (Å²) in [7, 11) is 3.92. The molecular formula is C12H20N2O2. The van der Waals surface area contributed by atoms with Crippen LogP contribution in [0, 0.1) is 5.41 Å². The van der Waals surface area contributed by atoms with Crippen LogP contribution < -0.4 is 0 Å². The van der Waals surface area contributed by atoms with E-state index in [-0.39, 0.29) is 6.04 Å². The van der Waals surface area contributed by atoms with Crippen LogP contribution in [0.4, 0.5) is 0 Å². The second-order valence-corrected chi connectivity index (χ2v) is 5.00. The van der Waals surface area contributed by atoms with Crippen molar-refractivity contribution in [1.82, 2.24) is 9.88 Å². The molecule has 0 aliphatic rings. The molecule has 1 rings (SSSR count). The number of hydrogen-bond donors (Lipinski definition) is 2. The Bertz CT molecular complexity index is 342. The fourth-order valence-electron chi connectivity index (χ4n) is 1.69. The molecule has 2 N–H and O–H groups in total. The highest BCUT2D eigenvalue weighted by Gasteiger charge is 2.32. The van der Waals surface area contributed by atoms with Crippen molar-refractivity contribution in [3.05, 3.63) is 24.0 Å². The Labute approximate surface area is 96.3 Å². The van der Waals surface area contributed by atoms with E-state index >= 15 is 0 Å². The lowest BCUT2D eigenvalue weighted by Gasteiger charge is -2.30. The molecule has 0 saturated carbocycles. The van der Waals surface area contributed by atoms with E-state index < -0.39 is 11.4 Å². The van der Waals surface area contributed by atoms with Crippen LogP contribution in [0.25, 0.3) is 0 Å². The lowest BCUT2D eigenvalue weighted by molar-refractivity contribution is -0.148. The Morgan fingerprint density at radius 1 is 1.56 bits per heavy atom. The highest BCUT2D eigenvalue weighted by Crippen LogP contribution is 2.32. The largest absolute Gasteiger partial charge is 0.481 e. The number of carboxylic acid groups (broad SMARTS) is 1. The van der Waals surface area contributed by atoms with E-state index in [4.69, 9.17) is 5.11 Å². The van der Waals surface area contributed by atoms with Gasteiger partial charge in [-0.1, -0.05) is 0 Å². The maximum absolute atomic E-state index is 11.1. The van der Waals surface area contributed by atoms with Gasteiger partial charge < -0.3 is 15.0 Å². The summed E-state index contributed by atoms with van der Waals surface area (Å²) in [5.41, 5.74) is 0.333. The lowest BCUT2D eigenvalue weighted by Crippen LogP contribution is -2.31. The summed E-state index contributed by atoms with van der Waals surface area (Å²) >= 11 is 0. The van der Waals surface area contributed by atoms with Crippen LogP contribution in [0.1, 0.15) is 32.0 Å². The Morgan fingerprint density at radius 2 is 2.19 bits per heavy atom. The zero-order chi connectivity index (χ0) is 12.3. The first-order chi connectivity index (χ1) is 7.34. The summed E-state index contributed by atoms with van der Waals surface area (Å²) in [6, 6.07) is 4.02. The SMILES string of the molecule is CN(C)C(CC(C)(C)C(=O)O)c1ccc[nH]1. The Kier molecular flexibility index (Phi) is 3.75. The third-order valence-electron chi connectivity index (χ3n) is 2.89. The van der Waals surface area contributed by atoms with Gasteiger partial charge in [-0.25, -0.2) is 0 Å². The number of nitrogens with zero attached hydrogens (tertiary/aromatic N) is 1. The zero-order valence-electron chi connectivity index (χ0n) is 10.3. The number of carbonyl (C=O) groups is 1. The molecule has 0 amide bonds. The Balaban J connectivity index is 2.86. The first-order valence-corrected chi connectivity index (χ1v) is 5.37. The molecule has 0 fully saturated rings. The maximum atomic E-state index is 11.1. The van der Waals surface area contributed by atoms with Crippen LogP contribution >= 0.6 is 0 Å². The molecule has 0 bridgehead atoms. The van der Waals surface area contributed by atoms with Gasteiger partial charge in [0.15, 0.2) is 0 Å². The standard InChI is InChI=1S/C12H20N2O2/c1-12(2,11(15)16)8-10(14(3)4)9-6-5-7-13-9/h5-7,10,13H,8H2,1-4H3,(H,15,16). The predicted molar refractivity (Wildman–Crippen MR) is 63.3 cm³/mol. The van der Waals surface area contributed by atoms with Crippen molar-refractivity contribution in [3.63, 3.8) is 0 Å². The van der Waals surface area contributed by atoms with Crippen LogP contribution in [0.2, 0.25) is 0 Å². The van der Waals surface area contributed by atoms with Gasteiger partial charge in [0.25, 0.3) is 0 Å². The van der Waals surface area contributed by atoms with Crippen LogP contribution in [0.5, 0.6) is 0 Å². The molecule has 1 unspecified atom stereocenters. The van der Waals surface area contributed by atoms with Gasteiger partial charge in [-0.2, -0.15) is 0 Å². The second-order valence-electron chi connectivity index (χ2n) is 5.00. The summed E-state index contributed by atoms with van der Waals surface area (Å²) in [6.45, 7) is 3.52. The van der Waals surface area contributed by atoms with Gasteiger partial charge in [-0.05, 0) is 46.5 Å². The number of aromatic nitrogens is 1. The molecule has 1 aromatic rings. The van der Waals surface area contributed by atoms with Crippen molar-refractivity contribution in [2.45, 2.75) is 26.3 Å². The minimum Gasteiger partial charge on any atom is -0.481 e. The smallest absolute Gasteiger partial charge is 0.309 e. The topological polar surface area (TPSA) is 56.3 Å². The number of rotatable bonds is 5. The molecule has 0 spiro atoms. The van der Waals surface area contributed by atoms with Gasteiger partial charge in [0, 0.05) is 11.9 Å². The molecule has 90 valence electrons. The first-order valence-electron chi connectivity index (χ1n) is 5.37. The molecule has 0 aromatic carbocycles. The van der Waals surface area contributed by atoms with E-state index in [1.54, 1.807) is 13.8 Å². The van der Waals surface area contributed by atoms with Crippen LogP contribution in [0.3, 0.4) is 0 Å². The average molecular weight is 224 g/mol. The Morgan fingerprint density at radius 3 is 2.56 bits per heavy atom. The second kappa shape index (κ2) is 4.70. The molecule has 0 saturated heterocycles. The lowest BCUT2D eigenvalue weighted by atomic mass is 9.84. The van der Waals surface area contributed by atoms with Crippen molar-refractivity contribution >= 4 is 5.97 Å². The van der Waals surface area contributed by atoms with E-state index in [1.807, 2.05) is 37.3 Å². The first kappa shape index (κ1) is 12.8. The van der Waals surface area contributed by atoms with E-state index in [2.05, 4.69) is 4.98 Å². The minimum absolute atomic E-state index is 0.0982. The summed E-state index contributed by atoms with van der Waals surface area (Å²) < 4.78 is 0. The van der Waals surface area contributed by atoms with Gasteiger partial charge in [0.05, 0.1) is 11.5 Å². The highest BCUT2D eigenvalue weighted by molar-refractivity contribution is 5.73. The van der Waals surface area contributed by atoms with Gasteiger partial charge in [-0.3, -0.25) is 4.79 Å². The molecular weight excluding hydrogens is 204 g/mol. The number of carboxylic acids is 1. The third-order valence-corrected chi connectivity index (χ3v) is 2.89. The van der Waals surface area contributed by atoms with Crippen molar-refractivity contribution in [2.75, 3.05) is 14.1 Å². The average Bonchev–Trinajstić information content (AvgIpc) is 2.66. The van der Waals surface area contributed by atoms with Crippen LogP contribution in [-0.2, 0) is 4.79 Å². The summed E-state index contributed by atoms with van der Waals surface area (Å²) in [5.74, 6) is -0.758. The Hall–Kier alpha value is -1.29. The number of hydrogen-bond acceptors (Lipinski definition) is 2. The van der Waals surface area contributed by atoms with Gasteiger partial charge in [-0.15, -0.1) is 0 Å². The molecule has 4 heteroatoms. The monoisotopic (exact) mass is 224 g/mol. The van der Waals surface area contributed by atoms with Crippen molar-refractivity contribution in [2.24, 2.45) is 5.41 Å².